The first-order chi connectivity index (χ1) is 10.5. The zero-order chi connectivity index (χ0) is 17.2. The molecule has 0 fully saturated rings. The second kappa shape index (κ2) is 4.56. The molecular formula is C14H12F6NO2+. The number of hydrogen-bond acceptors (Lipinski definition) is 2. The normalized spacial score (nSPS) is 23.3. The smallest absolute Gasteiger partial charge is 0.453 e. The van der Waals surface area contributed by atoms with Crippen LogP contribution in [0.4, 0.5) is 26.3 Å². The number of likely N-dealkylation sites (N-methyl/N-ethyl adjacent to an activating group) is 1. The Morgan fingerprint density at radius 1 is 1.00 bits per heavy atom. The predicted octanol–water partition coefficient (Wildman–Crippen LogP) is 2.28. The van der Waals surface area contributed by atoms with Gasteiger partial charge in [-0.2, -0.15) is 26.3 Å². The van der Waals surface area contributed by atoms with Gasteiger partial charge in [0.25, 0.3) is 0 Å². The van der Waals surface area contributed by atoms with E-state index in [2.05, 4.69) is 0 Å². The monoisotopic (exact) mass is 340 g/mol. The van der Waals surface area contributed by atoms with Gasteiger partial charge in [0.1, 0.15) is 0 Å². The standard InChI is InChI=1S/C14H11F6NO2/c1-21(2)12(14(18,19)20)5-9(13(15,16)17)7-3-10-11(4-8(7)12)23-6-22-10/h3-5H,6H2,1-2H3/p+1. The van der Waals surface area contributed by atoms with Crippen LogP contribution in [-0.4, -0.2) is 33.2 Å². The lowest BCUT2D eigenvalue weighted by Crippen LogP contribution is -3.15. The molecule has 2 aliphatic rings. The van der Waals surface area contributed by atoms with Crippen LogP contribution in [0, 0.1) is 0 Å². The van der Waals surface area contributed by atoms with E-state index in [4.69, 9.17) is 9.47 Å². The van der Waals surface area contributed by atoms with E-state index in [9.17, 15) is 26.3 Å². The number of benzene rings is 1. The maximum absolute atomic E-state index is 13.8. The number of rotatable bonds is 1. The number of hydrogen-bond donors (Lipinski definition) is 1. The average Bonchev–Trinajstić information content (AvgIpc) is 2.95. The Bertz CT molecular complexity index is 692. The molecule has 1 aromatic carbocycles. The third kappa shape index (κ3) is 2.09. The van der Waals surface area contributed by atoms with Crippen molar-refractivity contribution in [2.24, 2.45) is 0 Å². The van der Waals surface area contributed by atoms with Gasteiger partial charge in [-0.05, 0) is 12.1 Å². The second-order valence-corrected chi connectivity index (χ2v) is 5.61. The Kier molecular flexibility index (Phi) is 3.17. The van der Waals surface area contributed by atoms with Gasteiger partial charge in [-0.1, -0.05) is 0 Å². The van der Waals surface area contributed by atoms with Crippen LogP contribution in [0.25, 0.3) is 5.57 Å². The molecule has 0 aromatic heterocycles. The van der Waals surface area contributed by atoms with Crippen LogP contribution in [0.15, 0.2) is 18.2 Å². The van der Waals surface area contributed by atoms with Gasteiger partial charge < -0.3 is 14.4 Å². The van der Waals surface area contributed by atoms with E-state index in [-0.39, 0.29) is 29.3 Å². The molecule has 1 atom stereocenters. The summed E-state index contributed by atoms with van der Waals surface area (Å²) in [6, 6.07) is 1.96. The van der Waals surface area contributed by atoms with Gasteiger partial charge in [0.2, 0.25) is 12.3 Å². The van der Waals surface area contributed by atoms with Crippen LogP contribution in [-0.2, 0) is 5.54 Å². The van der Waals surface area contributed by atoms with Crippen molar-refractivity contribution < 1.29 is 40.7 Å². The Labute approximate surface area is 127 Å². The summed E-state index contributed by atoms with van der Waals surface area (Å²) in [5, 5.41) is 0. The molecule has 1 heterocycles. The van der Waals surface area contributed by atoms with E-state index >= 15 is 0 Å². The summed E-state index contributed by atoms with van der Waals surface area (Å²) in [5.74, 6) is 0.0149. The SMILES string of the molecule is C[NH+](C)C1(C(F)(F)F)C=C(C(F)(F)F)c2cc3c(cc21)OCO3. The lowest BCUT2D eigenvalue weighted by Gasteiger charge is -2.34. The fraction of sp³-hybridized carbons (Fsp3) is 0.429. The van der Waals surface area contributed by atoms with E-state index in [1.807, 2.05) is 0 Å². The fourth-order valence-corrected chi connectivity index (χ4v) is 3.03. The molecule has 3 nitrogen and oxygen atoms in total. The maximum atomic E-state index is 13.8. The van der Waals surface area contributed by atoms with Crippen molar-refractivity contribution >= 4 is 5.57 Å². The van der Waals surface area contributed by atoms with Crippen molar-refractivity contribution in [3.63, 3.8) is 0 Å². The lowest BCUT2D eigenvalue weighted by molar-refractivity contribution is -0.930. The van der Waals surface area contributed by atoms with E-state index in [0.717, 1.165) is 26.2 Å². The highest BCUT2D eigenvalue weighted by molar-refractivity contribution is 5.81. The first-order valence-electron chi connectivity index (χ1n) is 6.60. The molecule has 0 amide bonds. The minimum Gasteiger partial charge on any atom is -0.454 e. The van der Waals surface area contributed by atoms with Gasteiger partial charge in [-0.25, -0.2) is 0 Å². The second-order valence-electron chi connectivity index (χ2n) is 5.61. The summed E-state index contributed by atoms with van der Waals surface area (Å²) in [4.78, 5) is -0.204. The van der Waals surface area contributed by atoms with Gasteiger partial charge in [0.15, 0.2) is 11.5 Å². The molecule has 1 N–H and O–H groups in total. The Balaban J connectivity index is 2.35. The molecular weight excluding hydrogens is 328 g/mol. The number of halogens is 6. The van der Waals surface area contributed by atoms with Crippen molar-refractivity contribution in [3.8, 4) is 11.5 Å². The van der Waals surface area contributed by atoms with Crippen LogP contribution in [0.2, 0.25) is 0 Å². The molecule has 23 heavy (non-hydrogen) atoms. The van der Waals surface area contributed by atoms with Crippen molar-refractivity contribution in [2.45, 2.75) is 17.9 Å². The quantitative estimate of drug-likeness (QED) is 0.793. The van der Waals surface area contributed by atoms with Gasteiger partial charge in [-0.3, -0.25) is 0 Å². The molecule has 126 valence electrons. The van der Waals surface area contributed by atoms with Crippen LogP contribution >= 0.6 is 0 Å². The molecule has 9 heteroatoms. The molecule has 0 saturated carbocycles. The number of alkyl halides is 6. The molecule has 0 radical (unpaired) electrons. The fourth-order valence-electron chi connectivity index (χ4n) is 3.03. The first-order valence-corrected chi connectivity index (χ1v) is 6.60. The number of ether oxygens (including phenoxy) is 2. The van der Waals surface area contributed by atoms with Gasteiger partial charge in [-0.15, -0.1) is 0 Å². The highest BCUT2D eigenvalue weighted by Crippen LogP contribution is 2.53. The number of fused-ring (bicyclic) bond motifs is 2. The average molecular weight is 340 g/mol. The lowest BCUT2D eigenvalue weighted by atomic mass is 9.89. The van der Waals surface area contributed by atoms with E-state index in [1.54, 1.807) is 0 Å². The number of nitrogens with one attached hydrogen (secondary N) is 1. The van der Waals surface area contributed by atoms with Crippen LogP contribution in [0.5, 0.6) is 11.5 Å². The predicted molar refractivity (Wildman–Crippen MR) is 67.1 cm³/mol. The van der Waals surface area contributed by atoms with Crippen LogP contribution in [0.1, 0.15) is 11.1 Å². The Morgan fingerprint density at radius 3 is 2.04 bits per heavy atom. The van der Waals surface area contributed by atoms with Crippen molar-refractivity contribution in [2.75, 3.05) is 20.9 Å². The number of allylic oxidation sites excluding steroid dienone is 1. The molecule has 1 aliphatic heterocycles. The van der Waals surface area contributed by atoms with Crippen molar-refractivity contribution in [3.05, 3.63) is 29.3 Å². The van der Waals surface area contributed by atoms with Crippen molar-refractivity contribution in [1.29, 1.82) is 0 Å². The summed E-state index contributed by atoms with van der Waals surface area (Å²) in [6.07, 6.45) is -9.58. The minimum atomic E-state index is -4.92. The molecule has 0 spiro atoms. The summed E-state index contributed by atoms with van der Waals surface area (Å²) >= 11 is 0. The van der Waals surface area contributed by atoms with Crippen molar-refractivity contribution in [1.82, 2.24) is 0 Å². The third-order valence-corrected chi connectivity index (χ3v) is 4.13. The van der Waals surface area contributed by atoms with E-state index < -0.39 is 34.6 Å². The molecule has 0 saturated heterocycles. The summed E-state index contributed by atoms with van der Waals surface area (Å²) in [7, 11) is 2.33. The van der Waals surface area contributed by atoms with Crippen LogP contribution < -0.4 is 14.4 Å². The summed E-state index contributed by atoms with van der Waals surface area (Å²) in [6.45, 7) is -0.239. The minimum absolute atomic E-state index is 0.00521. The zero-order valence-electron chi connectivity index (χ0n) is 12.0. The summed E-state index contributed by atoms with van der Waals surface area (Å²) < 4.78 is 91.1. The Morgan fingerprint density at radius 2 is 1.57 bits per heavy atom. The Hall–Kier alpha value is -1.90. The van der Waals surface area contributed by atoms with E-state index in [0.29, 0.717) is 0 Å². The first kappa shape index (κ1) is 16.0. The molecule has 3 rings (SSSR count). The zero-order valence-corrected chi connectivity index (χ0v) is 12.0. The third-order valence-electron chi connectivity index (χ3n) is 4.13. The van der Waals surface area contributed by atoms with Gasteiger partial charge >= 0.3 is 12.4 Å². The topological polar surface area (TPSA) is 22.9 Å². The largest absolute Gasteiger partial charge is 0.454 e. The highest BCUT2D eigenvalue weighted by atomic mass is 19.4. The molecule has 1 aliphatic carbocycles. The maximum Gasteiger partial charge on any atom is 0.453 e. The highest BCUT2D eigenvalue weighted by Gasteiger charge is 2.66. The van der Waals surface area contributed by atoms with E-state index in [1.165, 1.54) is 0 Å². The number of quaternary nitrogens is 1. The van der Waals surface area contributed by atoms with Gasteiger partial charge in [0, 0.05) is 17.2 Å². The molecule has 1 aromatic rings. The summed E-state index contributed by atoms with van der Waals surface area (Å²) in [5.41, 5.74) is -5.13. The van der Waals surface area contributed by atoms with Gasteiger partial charge in [0.05, 0.1) is 19.7 Å². The molecule has 1 unspecified atom stereocenters. The van der Waals surface area contributed by atoms with Crippen LogP contribution in [0.3, 0.4) is 0 Å². The molecule has 0 bridgehead atoms.